The molecular formula is C21H26ClF3N2O2. The Morgan fingerprint density at radius 3 is 2.59 bits per heavy atom. The van der Waals surface area contributed by atoms with Crippen LogP contribution in [0.4, 0.5) is 13.2 Å². The van der Waals surface area contributed by atoms with E-state index < -0.39 is 23.7 Å². The van der Waals surface area contributed by atoms with Gasteiger partial charge in [-0.1, -0.05) is 44.9 Å². The van der Waals surface area contributed by atoms with E-state index in [1.54, 1.807) is 13.0 Å². The van der Waals surface area contributed by atoms with Crippen molar-refractivity contribution in [1.29, 1.82) is 0 Å². The van der Waals surface area contributed by atoms with Crippen LogP contribution < -0.4 is 0 Å². The van der Waals surface area contributed by atoms with Gasteiger partial charge in [-0.3, -0.25) is 4.79 Å². The monoisotopic (exact) mass is 430 g/mol. The van der Waals surface area contributed by atoms with E-state index in [9.17, 15) is 23.1 Å². The summed E-state index contributed by atoms with van der Waals surface area (Å²) in [4.78, 5) is 13.0. The molecule has 0 unspecified atom stereocenters. The first-order valence-corrected chi connectivity index (χ1v) is 10.2. The molecule has 1 aromatic rings. The van der Waals surface area contributed by atoms with Crippen molar-refractivity contribution in [2.24, 2.45) is 22.4 Å². The molecule has 0 radical (unpaired) electrons. The number of hydrogen-bond donors (Lipinski definition) is 1. The summed E-state index contributed by atoms with van der Waals surface area (Å²) in [5, 5.41) is 15.4. The number of rotatable bonds is 3. The molecule has 1 aromatic carbocycles. The SMILES string of the molecule is CCC(C)(C)[C@@H]1CCC2=NN(C(=O)c3ccc(C)c(Cl)c3)[C@](O)(C(F)(F)F)[C@@H]2C1. The summed E-state index contributed by atoms with van der Waals surface area (Å²) in [6.45, 7) is 7.78. The molecule has 8 heteroatoms. The molecule has 3 atom stereocenters. The zero-order valence-electron chi connectivity index (χ0n) is 17.0. The Morgan fingerprint density at radius 2 is 2.03 bits per heavy atom. The van der Waals surface area contributed by atoms with Crippen LogP contribution in [0.1, 0.15) is 62.4 Å². The molecule has 1 fully saturated rings. The molecule has 1 N–H and O–H groups in total. The largest absolute Gasteiger partial charge is 0.439 e. The first-order chi connectivity index (χ1) is 13.3. The summed E-state index contributed by atoms with van der Waals surface area (Å²) in [6.07, 6.45) is -3.09. The number of hydrogen-bond acceptors (Lipinski definition) is 3. The quantitative estimate of drug-likeness (QED) is 0.682. The summed E-state index contributed by atoms with van der Waals surface area (Å²) < 4.78 is 42.4. The average Bonchev–Trinajstić information content (AvgIpc) is 2.97. The molecule has 1 amide bonds. The number of carbonyl (C=O) groups is 1. The summed E-state index contributed by atoms with van der Waals surface area (Å²) in [5.41, 5.74) is -2.64. The van der Waals surface area contributed by atoms with Gasteiger partial charge in [-0.25, -0.2) is 0 Å². The number of fused-ring (bicyclic) bond motifs is 1. The van der Waals surface area contributed by atoms with Crippen molar-refractivity contribution in [3.05, 3.63) is 34.3 Å². The van der Waals surface area contributed by atoms with Crippen LogP contribution >= 0.6 is 11.6 Å². The topological polar surface area (TPSA) is 52.9 Å². The second kappa shape index (κ2) is 7.27. The molecule has 1 aliphatic carbocycles. The number of amides is 1. The van der Waals surface area contributed by atoms with Crippen LogP contribution in [-0.4, -0.2) is 33.6 Å². The third-order valence-corrected chi connectivity index (χ3v) is 7.16. The molecule has 1 saturated carbocycles. The molecule has 1 aliphatic heterocycles. The van der Waals surface area contributed by atoms with Crippen molar-refractivity contribution in [1.82, 2.24) is 5.01 Å². The Balaban J connectivity index is 2.01. The van der Waals surface area contributed by atoms with E-state index >= 15 is 0 Å². The normalized spacial score (nSPS) is 27.6. The minimum atomic E-state index is -5.05. The van der Waals surface area contributed by atoms with Crippen molar-refractivity contribution in [3.63, 3.8) is 0 Å². The molecule has 29 heavy (non-hydrogen) atoms. The fourth-order valence-electron chi connectivity index (χ4n) is 4.27. The molecule has 4 nitrogen and oxygen atoms in total. The van der Waals surface area contributed by atoms with Gasteiger partial charge in [0.15, 0.2) is 0 Å². The van der Waals surface area contributed by atoms with E-state index in [1.165, 1.54) is 12.1 Å². The number of alkyl halides is 3. The number of halogens is 4. The second-order valence-corrected chi connectivity index (χ2v) is 9.17. The van der Waals surface area contributed by atoms with Crippen molar-refractivity contribution in [2.75, 3.05) is 0 Å². The van der Waals surface area contributed by atoms with Crippen molar-refractivity contribution in [2.45, 2.75) is 65.3 Å². The lowest BCUT2D eigenvalue weighted by Crippen LogP contribution is -2.62. The lowest BCUT2D eigenvalue weighted by molar-refractivity contribution is -0.314. The zero-order valence-corrected chi connectivity index (χ0v) is 17.7. The maximum absolute atomic E-state index is 14.1. The number of benzene rings is 1. The average molecular weight is 431 g/mol. The summed E-state index contributed by atoms with van der Waals surface area (Å²) in [5.74, 6) is -2.29. The maximum Gasteiger partial charge on any atom is 0.439 e. The van der Waals surface area contributed by atoms with Gasteiger partial charge in [0.25, 0.3) is 11.6 Å². The molecule has 0 aromatic heterocycles. The number of hydrazone groups is 1. The van der Waals surface area contributed by atoms with Crippen LogP contribution in [0.3, 0.4) is 0 Å². The van der Waals surface area contributed by atoms with Crippen LogP contribution in [0, 0.1) is 24.2 Å². The smallest absolute Gasteiger partial charge is 0.362 e. The molecule has 3 rings (SSSR count). The Bertz CT molecular complexity index is 853. The molecule has 0 saturated heterocycles. The molecule has 0 bridgehead atoms. The van der Waals surface area contributed by atoms with Crippen LogP contribution in [-0.2, 0) is 0 Å². The summed E-state index contributed by atoms with van der Waals surface area (Å²) in [7, 11) is 0. The van der Waals surface area contributed by atoms with Crippen LogP contribution in [0.5, 0.6) is 0 Å². The van der Waals surface area contributed by atoms with E-state index in [0.29, 0.717) is 18.4 Å². The first-order valence-electron chi connectivity index (χ1n) is 9.80. The molecule has 160 valence electrons. The molecule has 1 heterocycles. The van der Waals surface area contributed by atoms with Gasteiger partial charge in [0.1, 0.15) is 0 Å². The standard InChI is InChI=1S/C21H26ClF3N2O2/c1-5-19(3,4)14-8-9-17-15(11-14)20(29,21(23,24)25)27(26-17)18(28)13-7-6-12(2)16(22)10-13/h6-7,10,14-15,29H,5,8-9,11H2,1-4H3/t14-,15-,20-/m1/s1. The Kier molecular flexibility index (Phi) is 5.54. The van der Waals surface area contributed by atoms with Crippen molar-refractivity contribution in [3.8, 4) is 0 Å². The highest BCUT2D eigenvalue weighted by atomic mass is 35.5. The lowest BCUT2D eigenvalue weighted by Gasteiger charge is -2.43. The van der Waals surface area contributed by atoms with E-state index in [-0.39, 0.29) is 39.1 Å². The minimum absolute atomic E-state index is 0.00537. The third kappa shape index (κ3) is 3.56. The zero-order chi connectivity index (χ0) is 21.8. The highest BCUT2D eigenvalue weighted by Gasteiger charge is 2.69. The fourth-order valence-corrected chi connectivity index (χ4v) is 4.45. The van der Waals surface area contributed by atoms with Crippen molar-refractivity contribution >= 4 is 23.2 Å². The van der Waals surface area contributed by atoms with Crippen LogP contribution in [0.2, 0.25) is 5.02 Å². The Hall–Kier alpha value is -1.60. The van der Waals surface area contributed by atoms with Gasteiger partial charge in [0.2, 0.25) is 0 Å². The number of nitrogens with zero attached hydrogens (tertiary/aromatic N) is 2. The fraction of sp³-hybridized carbons (Fsp3) is 0.619. The van der Waals surface area contributed by atoms with Gasteiger partial charge in [0.05, 0.1) is 5.92 Å². The second-order valence-electron chi connectivity index (χ2n) is 8.76. The highest BCUT2D eigenvalue weighted by Crippen LogP contribution is 2.52. The maximum atomic E-state index is 14.1. The summed E-state index contributed by atoms with van der Waals surface area (Å²) in [6, 6.07) is 4.25. The van der Waals surface area contributed by atoms with Gasteiger partial charge in [-0.2, -0.15) is 23.3 Å². The highest BCUT2D eigenvalue weighted by molar-refractivity contribution is 6.31. The molecular weight excluding hydrogens is 405 g/mol. The van der Waals surface area contributed by atoms with Gasteiger partial charge in [-0.05, 0) is 55.2 Å². The van der Waals surface area contributed by atoms with E-state index in [0.717, 1.165) is 6.42 Å². The third-order valence-electron chi connectivity index (χ3n) is 6.75. The Morgan fingerprint density at radius 1 is 1.38 bits per heavy atom. The molecule has 2 aliphatic rings. The summed E-state index contributed by atoms with van der Waals surface area (Å²) >= 11 is 6.04. The Labute approximate surface area is 173 Å². The predicted octanol–water partition coefficient (Wildman–Crippen LogP) is 5.56. The lowest BCUT2D eigenvalue weighted by atomic mass is 9.64. The van der Waals surface area contributed by atoms with Crippen LogP contribution in [0.25, 0.3) is 0 Å². The van der Waals surface area contributed by atoms with Crippen LogP contribution in [0.15, 0.2) is 23.3 Å². The van der Waals surface area contributed by atoms with Gasteiger partial charge < -0.3 is 5.11 Å². The minimum Gasteiger partial charge on any atom is -0.362 e. The molecule has 0 spiro atoms. The number of aliphatic hydroxyl groups is 1. The number of carbonyl (C=O) groups excluding carboxylic acids is 1. The van der Waals surface area contributed by atoms with Gasteiger partial charge >= 0.3 is 6.18 Å². The first kappa shape index (κ1) is 22.1. The van der Waals surface area contributed by atoms with E-state index in [4.69, 9.17) is 11.6 Å². The van der Waals surface area contributed by atoms with Crippen molar-refractivity contribution < 1.29 is 23.1 Å². The van der Waals surface area contributed by atoms with E-state index in [1.807, 2.05) is 20.8 Å². The number of aryl methyl sites for hydroxylation is 1. The van der Waals surface area contributed by atoms with Gasteiger partial charge in [0, 0.05) is 16.3 Å². The predicted molar refractivity (Wildman–Crippen MR) is 106 cm³/mol. The van der Waals surface area contributed by atoms with Gasteiger partial charge in [-0.15, -0.1) is 0 Å². The van der Waals surface area contributed by atoms with E-state index in [2.05, 4.69) is 5.10 Å².